The van der Waals surface area contributed by atoms with E-state index in [0.717, 1.165) is 5.75 Å². The van der Waals surface area contributed by atoms with Gasteiger partial charge in [0.15, 0.2) is 0 Å². The molecule has 0 fully saturated rings. The number of hydrogen-bond donors (Lipinski definition) is 0. The molecule has 1 heteroatoms. The van der Waals surface area contributed by atoms with Gasteiger partial charge in [0, 0.05) is 0 Å². The lowest BCUT2D eigenvalue weighted by atomic mass is 9.99. The van der Waals surface area contributed by atoms with Crippen LogP contribution in [0.4, 0.5) is 0 Å². The minimum atomic E-state index is 0.909. The van der Waals surface area contributed by atoms with E-state index in [4.69, 9.17) is 4.74 Å². The Bertz CT molecular complexity index is 2380. The van der Waals surface area contributed by atoms with Crippen LogP contribution < -0.4 is 4.74 Å². The molecule has 0 aliphatic carbocycles. The Morgan fingerprint density at radius 1 is 0.268 bits per heavy atom. The first kappa shape index (κ1) is 40.7. The van der Waals surface area contributed by atoms with Crippen LogP contribution in [0.2, 0.25) is 0 Å². The van der Waals surface area contributed by atoms with Crippen LogP contribution in [0.3, 0.4) is 0 Å². The first-order valence-electron chi connectivity index (χ1n) is 19.3. The molecule has 56 heavy (non-hydrogen) atoms. The van der Waals surface area contributed by atoms with Crippen LogP contribution >= 0.6 is 0 Å². The average Bonchev–Trinajstić information content (AvgIpc) is 3.24. The Balaban J connectivity index is 0.000000143. The van der Waals surface area contributed by atoms with E-state index in [2.05, 4.69) is 217 Å². The standard InChI is InChI=1S/C14H14O.2C14H14.C13H12/c1-11-10-13(15-2)8-9-14(11)12-6-4-3-5-7-12;1-11-8-9-14(12(2)10-11)13-6-4-3-5-7-13;1-11-8-9-12(2)14(10-11)13-6-4-3-5-7-13;1-11-7-5-6-10-13(11)12-8-3-2-4-9-12/h3-10H,1-2H3;2*3-10H,1-2H3;2-10H,1H3. The Labute approximate surface area is 336 Å². The van der Waals surface area contributed by atoms with Crippen molar-refractivity contribution in [2.75, 3.05) is 7.11 Å². The van der Waals surface area contributed by atoms with Gasteiger partial charge in [0.05, 0.1) is 7.11 Å². The summed E-state index contributed by atoms with van der Waals surface area (Å²) in [6, 6.07) is 69.6. The summed E-state index contributed by atoms with van der Waals surface area (Å²) in [6.45, 7) is 12.8. The van der Waals surface area contributed by atoms with Crippen molar-refractivity contribution in [3.05, 3.63) is 234 Å². The summed E-state index contributed by atoms with van der Waals surface area (Å²) in [7, 11) is 1.69. The number of rotatable bonds is 5. The fraction of sp³-hybridized carbons (Fsp3) is 0.127. The molecule has 0 aliphatic heterocycles. The van der Waals surface area contributed by atoms with E-state index in [1.165, 1.54) is 77.9 Å². The maximum atomic E-state index is 5.19. The van der Waals surface area contributed by atoms with E-state index >= 15 is 0 Å². The van der Waals surface area contributed by atoms with Crippen LogP contribution in [-0.2, 0) is 0 Å². The van der Waals surface area contributed by atoms with Crippen LogP contribution in [0.1, 0.15) is 33.4 Å². The van der Waals surface area contributed by atoms with Crippen LogP contribution in [0, 0.1) is 41.5 Å². The fourth-order valence-electron chi connectivity index (χ4n) is 6.64. The molecule has 1 nitrogen and oxygen atoms in total. The van der Waals surface area contributed by atoms with Gasteiger partial charge in [-0.25, -0.2) is 0 Å². The molecule has 0 N–H and O–H groups in total. The van der Waals surface area contributed by atoms with Crippen molar-refractivity contribution in [3.63, 3.8) is 0 Å². The molecule has 0 amide bonds. The van der Waals surface area contributed by atoms with Crippen molar-refractivity contribution >= 4 is 0 Å². The Morgan fingerprint density at radius 3 is 1.07 bits per heavy atom. The molecule has 0 saturated carbocycles. The zero-order chi connectivity index (χ0) is 39.7. The van der Waals surface area contributed by atoms with E-state index < -0.39 is 0 Å². The number of ether oxygens (including phenoxy) is 1. The van der Waals surface area contributed by atoms with Crippen molar-refractivity contribution in [1.82, 2.24) is 0 Å². The number of hydrogen-bond acceptors (Lipinski definition) is 1. The Kier molecular flexibility index (Phi) is 15.2. The lowest BCUT2D eigenvalue weighted by Crippen LogP contribution is -1.86. The highest BCUT2D eigenvalue weighted by Crippen LogP contribution is 2.27. The van der Waals surface area contributed by atoms with E-state index in [-0.39, 0.29) is 0 Å². The second-order valence-electron chi connectivity index (χ2n) is 14.1. The highest BCUT2D eigenvalue weighted by Gasteiger charge is 2.03. The highest BCUT2D eigenvalue weighted by molar-refractivity contribution is 5.70. The third kappa shape index (κ3) is 11.8. The van der Waals surface area contributed by atoms with Gasteiger partial charge in [-0.3, -0.25) is 0 Å². The molecule has 8 rings (SSSR count). The largest absolute Gasteiger partial charge is 0.497 e. The van der Waals surface area contributed by atoms with Crippen molar-refractivity contribution in [2.45, 2.75) is 41.5 Å². The first-order valence-corrected chi connectivity index (χ1v) is 19.3. The second kappa shape index (κ2) is 20.9. The van der Waals surface area contributed by atoms with Gasteiger partial charge in [0.2, 0.25) is 0 Å². The van der Waals surface area contributed by atoms with Gasteiger partial charge < -0.3 is 4.74 Å². The van der Waals surface area contributed by atoms with Crippen LogP contribution in [-0.4, -0.2) is 7.11 Å². The molecule has 0 aliphatic rings. The molecule has 0 unspecified atom stereocenters. The lowest BCUT2D eigenvalue weighted by Gasteiger charge is -2.07. The van der Waals surface area contributed by atoms with E-state index in [9.17, 15) is 0 Å². The summed E-state index contributed by atoms with van der Waals surface area (Å²) >= 11 is 0. The molecule has 0 radical (unpaired) electrons. The van der Waals surface area contributed by atoms with Gasteiger partial charge in [-0.1, -0.05) is 199 Å². The van der Waals surface area contributed by atoms with Gasteiger partial charge in [0.1, 0.15) is 5.75 Å². The smallest absolute Gasteiger partial charge is 0.119 e. The van der Waals surface area contributed by atoms with Crippen LogP contribution in [0.15, 0.2) is 200 Å². The van der Waals surface area contributed by atoms with E-state index in [1.807, 2.05) is 24.3 Å². The van der Waals surface area contributed by atoms with Gasteiger partial charge in [0.25, 0.3) is 0 Å². The molecular weight excluding hydrogens is 677 g/mol. The van der Waals surface area contributed by atoms with Gasteiger partial charge in [-0.2, -0.15) is 0 Å². The predicted octanol–water partition coefficient (Wildman–Crippen LogP) is 15.3. The second-order valence-corrected chi connectivity index (χ2v) is 14.1. The molecule has 0 heterocycles. The molecule has 280 valence electrons. The minimum absolute atomic E-state index is 0.909. The summed E-state index contributed by atoms with van der Waals surface area (Å²) in [5.74, 6) is 0.909. The van der Waals surface area contributed by atoms with Gasteiger partial charge >= 0.3 is 0 Å². The quantitative estimate of drug-likeness (QED) is 0.171. The Hall–Kier alpha value is -6.44. The van der Waals surface area contributed by atoms with E-state index in [0.29, 0.717) is 0 Å². The number of aryl methyl sites for hydroxylation is 6. The zero-order valence-corrected chi connectivity index (χ0v) is 34.0. The Morgan fingerprint density at radius 2 is 0.625 bits per heavy atom. The van der Waals surface area contributed by atoms with Gasteiger partial charge in [-0.15, -0.1) is 0 Å². The number of methoxy groups -OCH3 is 1. The molecule has 0 saturated heterocycles. The number of benzene rings is 8. The minimum Gasteiger partial charge on any atom is -0.497 e. The third-order valence-corrected chi connectivity index (χ3v) is 9.69. The third-order valence-electron chi connectivity index (χ3n) is 9.69. The summed E-state index contributed by atoms with van der Waals surface area (Å²) in [5.41, 5.74) is 18.3. The van der Waals surface area contributed by atoms with Crippen molar-refractivity contribution in [2.24, 2.45) is 0 Å². The molecule has 8 aromatic carbocycles. The van der Waals surface area contributed by atoms with Gasteiger partial charge in [-0.05, 0) is 120 Å². The molecule has 0 atom stereocenters. The molecule has 0 bridgehead atoms. The maximum Gasteiger partial charge on any atom is 0.119 e. The van der Waals surface area contributed by atoms with Crippen molar-refractivity contribution in [1.29, 1.82) is 0 Å². The average molecular weight is 731 g/mol. The molecule has 0 aromatic heterocycles. The zero-order valence-electron chi connectivity index (χ0n) is 34.0. The van der Waals surface area contributed by atoms with Crippen molar-refractivity contribution in [3.8, 4) is 50.3 Å². The summed E-state index contributed by atoms with van der Waals surface area (Å²) in [4.78, 5) is 0. The summed E-state index contributed by atoms with van der Waals surface area (Å²) in [5, 5.41) is 0. The summed E-state index contributed by atoms with van der Waals surface area (Å²) in [6.07, 6.45) is 0. The van der Waals surface area contributed by atoms with Crippen molar-refractivity contribution < 1.29 is 4.74 Å². The predicted molar refractivity (Wildman–Crippen MR) is 242 cm³/mol. The summed E-state index contributed by atoms with van der Waals surface area (Å²) < 4.78 is 5.19. The molecule has 8 aromatic rings. The van der Waals surface area contributed by atoms with Crippen LogP contribution in [0.5, 0.6) is 5.75 Å². The highest BCUT2D eigenvalue weighted by atomic mass is 16.5. The lowest BCUT2D eigenvalue weighted by molar-refractivity contribution is 0.414. The molecule has 0 spiro atoms. The first-order chi connectivity index (χ1) is 27.2. The maximum absolute atomic E-state index is 5.19. The van der Waals surface area contributed by atoms with E-state index in [1.54, 1.807) is 7.11 Å². The molecular formula is C55H54O. The normalized spacial score (nSPS) is 10.1. The SMILES string of the molecule is COc1ccc(-c2ccccc2)c(C)c1.Cc1ccc(-c2ccccc2)c(C)c1.Cc1ccc(C)c(-c2ccccc2)c1.Cc1ccccc1-c1ccccc1. The van der Waals surface area contributed by atoms with Crippen LogP contribution in [0.25, 0.3) is 44.5 Å². The fourth-order valence-corrected chi connectivity index (χ4v) is 6.64. The monoisotopic (exact) mass is 730 g/mol. The topological polar surface area (TPSA) is 9.23 Å².